The summed E-state index contributed by atoms with van der Waals surface area (Å²) in [5.41, 5.74) is 7.05. The lowest BCUT2D eigenvalue weighted by Gasteiger charge is -2.32. The molecule has 1 aliphatic heterocycles. The summed E-state index contributed by atoms with van der Waals surface area (Å²) in [5.74, 6) is 0.236. The Balaban J connectivity index is 1.68. The summed E-state index contributed by atoms with van der Waals surface area (Å²) < 4.78 is 15.2. The van der Waals surface area contributed by atoms with Gasteiger partial charge in [0, 0.05) is 5.69 Å². The van der Waals surface area contributed by atoms with Gasteiger partial charge in [-0.05, 0) is 55.7 Å². The molecule has 2 unspecified atom stereocenters. The fourth-order valence-corrected chi connectivity index (χ4v) is 4.30. The number of carbonyl (C=O) groups excluding carboxylic acids is 1. The quantitative estimate of drug-likeness (QED) is 0.704. The van der Waals surface area contributed by atoms with E-state index in [1.807, 2.05) is 39.0 Å². The Morgan fingerprint density at radius 2 is 1.89 bits per heavy atom. The van der Waals surface area contributed by atoms with Gasteiger partial charge in [-0.2, -0.15) is 0 Å². The Kier molecular flexibility index (Phi) is 4.80. The Labute approximate surface area is 166 Å². The van der Waals surface area contributed by atoms with Gasteiger partial charge in [-0.3, -0.25) is 4.79 Å². The lowest BCUT2D eigenvalue weighted by molar-refractivity contribution is -0.116. The van der Waals surface area contributed by atoms with Crippen molar-refractivity contribution in [1.82, 2.24) is 14.9 Å². The molecule has 0 saturated carbocycles. The Hall–Kier alpha value is -2.87. The standard InChI is InChI=1S/C20H20FN5OS/c1-11-5-4-6-16(12(11)2)22-19(27)18-17(14-7-9-15(21)10-8-14)25-26-13(3)23-24-20(26)28-18/h4-10,17-18,25H,1-3H3,(H,22,27). The van der Waals surface area contributed by atoms with E-state index in [1.54, 1.807) is 16.8 Å². The lowest BCUT2D eigenvalue weighted by atomic mass is 10.0. The van der Waals surface area contributed by atoms with Crippen molar-refractivity contribution in [3.05, 3.63) is 70.8 Å². The topological polar surface area (TPSA) is 71.8 Å². The minimum Gasteiger partial charge on any atom is -0.325 e. The molecule has 0 aliphatic carbocycles. The maximum absolute atomic E-state index is 13.4. The van der Waals surface area contributed by atoms with Gasteiger partial charge >= 0.3 is 0 Å². The van der Waals surface area contributed by atoms with E-state index in [0.29, 0.717) is 11.0 Å². The van der Waals surface area contributed by atoms with Crippen molar-refractivity contribution in [3.63, 3.8) is 0 Å². The number of aromatic nitrogens is 3. The molecule has 2 atom stereocenters. The third-order valence-corrected chi connectivity index (χ3v) is 6.16. The van der Waals surface area contributed by atoms with Gasteiger partial charge in [0.05, 0.1) is 6.04 Å². The second-order valence-electron chi connectivity index (χ2n) is 6.80. The number of benzene rings is 2. The highest BCUT2D eigenvalue weighted by Gasteiger charge is 2.37. The zero-order chi connectivity index (χ0) is 19.8. The molecule has 1 amide bonds. The van der Waals surface area contributed by atoms with E-state index in [1.165, 1.54) is 23.9 Å². The number of hydrogen-bond donors (Lipinski definition) is 2. The number of thioether (sulfide) groups is 1. The van der Waals surface area contributed by atoms with Gasteiger partial charge in [-0.25, -0.2) is 9.07 Å². The first-order valence-corrected chi connectivity index (χ1v) is 9.80. The first-order valence-electron chi connectivity index (χ1n) is 8.92. The van der Waals surface area contributed by atoms with E-state index in [0.717, 1.165) is 22.4 Å². The van der Waals surface area contributed by atoms with Crippen LogP contribution in [0.2, 0.25) is 0 Å². The summed E-state index contributed by atoms with van der Waals surface area (Å²) in [6.07, 6.45) is 0. The van der Waals surface area contributed by atoms with Crippen molar-refractivity contribution in [1.29, 1.82) is 0 Å². The summed E-state index contributed by atoms with van der Waals surface area (Å²) in [5, 5.41) is 11.4. The van der Waals surface area contributed by atoms with Crippen LogP contribution in [0.1, 0.15) is 28.6 Å². The number of rotatable bonds is 3. The zero-order valence-corrected chi connectivity index (χ0v) is 16.5. The number of aryl methyl sites for hydroxylation is 2. The van der Waals surface area contributed by atoms with E-state index in [4.69, 9.17) is 0 Å². The van der Waals surface area contributed by atoms with E-state index < -0.39 is 5.25 Å². The van der Waals surface area contributed by atoms with Crippen LogP contribution in [0.15, 0.2) is 47.6 Å². The zero-order valence-electron chi connectivity index (χ0n) is 15.7. The van der Waals surface area contributed by atoms with Crippen LogP contribution in [-0.4, -0.2) is 26.0 Å². The molecular formula is C20H20FN5OS. The van der Waals surface area contributed by atoms with Crippen LogP contribution in [0.3, 0.4) is 0 Å². The van der Waals surface area contributed by atoms with Gasteiger partial charge in [0.25, 0.3) is 0 Å². The average Bonchev–Trinajstić information content (AvgIpc) is 3.05. The Morgan fingerprint density at radius 3 is 2.64 bits per heavy atom. The van der Waals surface area contributed by atoms with Crippen LogP contribution in [0.25, 0.3) is 0 Å². The fraction of sp³-hybridized carbons (Fsp3) is 0.250. The molecule has 0 radical (unpaired) electrons. The largest absolute Gasteiger partial charge is 0.325 e. The minimum absolute atomic E-state index is 0.146. The summed E-state index contributed by atoms with van der Waals surface area (Å²) in [7, 11) is 0. The van der Waals surface area contributed by atoms with Crippen molar-refractivity contribution in [2.45, 2.75) is 37.2 Å². The molecular weight excluding hydrogens is 377 g/mol. The van der Waals surface area contributed by atoms with Crippen LogP contribution in [-0.2, 0) is 4.79 Å². The van der Waals surface area contributed by atoms with Gasteiger partial charge in [0.2, 0.25) is 11.1 Å². The predicted octanol–water partition coefficient (Wildman–Crippen LogP) is 3.74. The summed E-state index contributed by atoms with van der Waals surface area (Å²) in [4.78, 5) is 13.2. The molecule has 2 N–H and O–H groups in total. The van der Waals surface area contributed by atoms with Gasteiger partial charge in [0.15, 0.2) is 0 Å². The highest BCUT2D eigenvalue weighted by atomic mass is 32.2. The summed E-state index contributed by atoms with van der Waals surface area (Å²) in [6.45, 7) is 5.82. The predicted molar refractivity (Wildman–Crippen MR) is 107 cm³/mol. The van der Waals surface area contributed by atoms with Gasteiger partial charge in [0.1, 0.15) is 16.9 Å². The van der Waals surface area contributed by atoms with Crippen molar-refractivity contribution in [3.8, 4) is 0 Å². The second kappa shape index (κ2) is 7.27. The van der Waals surface area contributed by atoms with Gasteiger partial charge in [-0.1, -0.05) is 36.0 Å². The Morgan fingerprint density at radius 1 is 1.14 bits per heavy atom. The molecule has 0 bridgehead atoms. The van der Waals surface area contributed by atoms with Crippen LogP contribution < -0.4 is 10.7 Å². The smallest absolute Gasteiger partial charge is 0.240 e. The summed E-state index contributed by atoms with van der Waals surface area (Å²) >= 11 is 1.34. The third kappa shape index (κ3) is 3.35. The number of hydrogen-bond acceptors (Lipinski definition) is 5. The molecule has 2 heterocycles. The molecule has 144 valence electrons. The molecule has 8 heteroatoms. The van der Waals surface area contributed by atoms with Crippen molar-refractivity contribution >= 4 is 23.4 Å². The first-order chi connectivity index (χ1) is 13.4. The number of halogens is 1. The SMILES string of the molecule is Cc1cccc(NC(=O)C2Sc3nnc(C)n3NC2c2ccc(F)cc2)c1C. The number of fused-ring (bicyclic) bond motifs is 1. The van der Waals surface area contributed by atoms with E-state index in [-0.39, 0.29) is 17.8 Å². The maximum atomic E-state index is 13.4. The van der Waals surface area contributed by atoms with Gasteiger partial charge < -0.3 is 10.7 Å². The Bertz CT molecular complexity index is 1030. The molecule has 0 spiro atoms. The molecule has 2 aromatic carbocycles. The van der Waals surface area contributed by atoms with Crippen LogP contribution >= 0.6 is 11.8 Å². The molecule has 4 rings (SSSR count). The molecule has 0 fully saturated rings. The van der Waals surface area contributed by atoms with E-state index in [9.17, 15) is 9.18 Å². The van der Waals surface area contributed by atoms with E-state index in [2.05, 4.69) is 20.9 Å². The molecule has 3 aromatic rings. The molecule has 6 nitrogen and oxygen atoms in total. The van der Waals surface area contributed by atoms with Crippen molar-refractivity contribution < 1.29 is 9.18 Å². The third-order valence-electron chi connectivity index (χ3n) is 4.95. The number of amides is 1. The number of carbonyl (C=O) groups is 1. The van der Waals surface area contributed by atoms with Crippen molar-refractivity contribution in [2.24, 2.45) is 0 Å². The number of nitrogens with zero attached hydrogens (tertiary/aromatic N) is 3. The van der Waals surface area contributed by atoms with Crippen LogP contribution in [0, 0.1) is 26.6 Å². The highest BCUT2D eigenvalue weighted by molar-refractivity contribution is 8.00. The molecule has 0 saturated heterocycles. The molecule has 1 aromatic heterocycles. The second-order valence-corrected chi connectivity index (χ2v) is 7.91. The van der Waals surface area contributed by atoms with Crippen LogP contribution in [0.5, 0.6) is 0 Å². The maximum Gasteiger partial charge on any atom is 0.240 e. The first kappa shape index (κ1) is 18.5. The van der Waals surface area contributed by atoms with Crippen LogP contribution in [0.4, 0.5) is 10.1 Å². The lowest BCUT2D eigenvalue weighted by Crippen LogP contribution is -2.41. The van der Waals surface area contributed by atoms with Crippen molar-refractivity contribution in [2.75, 3.05) is 10.7 Å². The number of nitrogens with one attached hydrogen (secondary N) is 2. The van der Waals surface area contributed by atoms with E-state index >= 15 is 0 Å². The van der Waals surface area contributed by atoms with Gasteiger partial charge in [-0.15, -0.1) is 10.2 Å². The fourth-order valence-electron chi connectivity index (χ4n) is 3.17. The monoisotopic (exact) mass is 397 g/mol. The summed E-state index contributed by atoms with van der Waals surface area (Å²) in [6, 6.07) is 11.6. The molecule has 1 aliphatic rings. The average molecular weight is 397 g/mol. The minimum atomic E-state index is -0.499. The number of anilines is 1. The molecule has 28 heavy (non-hydrogen) atoms. The normalized spacial score (nSPS) is 18.3. The highest BCUT2D eigenvalue weighted by Crippen LogP contribution is 2.37.